The molecule has 0 spiro atoms. The first-order chi connectivity index (χ1) is 11.5. The normalized spacial score (nSPS) is 10.3. The average Bonchev–Trinajstić information content (AvgIpc) is 2.61. The molecule has 0 aliphatic heterocycles. The molecule has 0 aliphatic carbocycles. The summed E-state index contributed by atoms with van der Waals surface area (Å²) in [4.78, 5) is 26.0. The van der Waals surface area contributed by atoms with Gasteiger partial charge in [-0.25, -0.2) is 0 Å². The lowest BCUT2D eigenvalue weighted by Crippen LogP contribution is -2.37. The summed E-state index contributed by atoms with van der Waals surface area (Å²) in [5.74, 6) is -1.23. The third-order valence-electron chi connectivity index (χ3n) is 3.97. The number of hydrogen-bond donors (Lipinski definition) is 2. The molecule has 5 nitrogen and oxygen atoms in total. The Morgan fingerprint density at radius 2 is 1.54 bits per heavy atom. The minimum absolute atomic E-state index is 0.105. The van der Waals surface area contributed by atoms with Crippen molar-refractivity contribution < 1.29 is 14.7 Å². The first-order valence-electron chi connectivity index (χ1n) is 7.96. The molecule has 2 amide bonds. The molecule has 0 radical (unpaired) electrons. The lowest BCUT2D eigenvalue weighted by atomic mass is 10.0. The van der Waals surface area contributed by atoms with Gasteiger partial charge in [-0.1, -0.05) is 32.0 Å². The van der Waals surface area contributed by atoms with Crippen LogP contribution in [0.1, 0.15) is 25.0 Å². The second-order valence-electron chi connectivity index (χ2n) is 5.49. The standard InChI is InChI=1S/C19H22N2O3/c1-4-13-7-6-8-14(5-2)17(13)20-18(23)19(24)21(3)15-9-11-16(22)12-10-15/h6-12,22H,4-5H2,1-3H3,(H,20,23). The largest absolute Gasteiger partial charge is 0.508 e. The Hall–Kier alpha value is -2.82. The highest BCUT2D eigenvalue weighted by Gasteiger charge is 2.21. The lowest BCUT2D eigenvalue weighted by Gasteiger charge is -2.19. The maximum Gasteiger partial charge on any atom is 0.316 e. The van der Waals surface area contributed by atoms with Crippen LogP contribution in [0.15, 0.2) is 42.5 Å². The number of aryl methyl sites for hydroxylation is 2. The lowest BCUT2D eigenvalue weighted by molar-refractivity contribution is -0.134. The van der Waals surface area contributed by atoms with E-state index >= 15 is 0 Å². The number of phenols is 1. The average molecular weight is 326 g/mol. The van der Waals surface area contributed by atoms with Crippen molar-refractivity contribution in [3.05, 3.63) is 53.6 Å². The summed E-state index contributed by atoms with van der Waals surface area (Å²) in [6, 6.07) is 12.0. The molecule has 0 saturated carbocycles. The highest BCUT2D eigenvalue weighted by atomic mass is 16.3. The molecule has 0 heterocycles. The summed E-state index contributed by atoms with van der Waals surface area (Å²) in [6.45, 7) is 4.02. The first kappa shape index (κ1) is 17.5. The number of benzene rings is 2. The number of nitrogens with one attached hydrogen (secondary N) is 1. The van der Waals surface area contributed by atoms with Gasteiger partial charge in [-0.05, 0) is 48.2 Å². The van der Waals surface area contributed by atoms with Crippen molar-refractivity contribution in [3.8, 4) is 5.75 Å². The van der Waals surface area contributed by atoms with Crippen LogP contribution >= 0.6 is 0 Å². The Morgan fingerprint density at radius 3 is 2.04 bits per heavy atom. The quantitative estimate of drug-likeness (QED) is 0.848. The molecule has 0 aromatic heterocycles. The number of nitrogens with zero attached hydrogens (tertiary/aromatic N) is 1. The molecule has 24 heavy (non-hydrogen) atoms. The van der Waals surface area contributed by atoms with Gasteiger partial charge in [0, 0.05) is 18.4 Å². The SMILES string of the molecule is CCc1cccc(CC)c1NC(=O)C(=O)N(C)c1ccc(O)cc1. The van der Waals surface area contributed by atoms with Gasteiger partial charge in [-0.2, -0.15) is 0 Å². The predicted molar refractivity (Wildman–Crippen MR) is 95.3 cm³/mol. The molecule has 2 aromatic carbocycles. The number of amides is 2. The van der Waals surface area contributed by atoms with E-state index in [1.165, 1.54) is 24.1 Å². The van der Waals surface area contributed by atoms with Crippen molar-refractivity contribution in [3.63, 3.8) is 0 Å². The van der Waals surface area contributed by atoms with Crippen LogP contribution in [0.25, 0.3) is 0 Å². The van der Waals surface area contributed by atoms with Gasteiger partial charge in [-0.3, -0.25) is 9.59 Å². The number of rotatable bonds is 4. The second-order valence-corrected chi connectivity index (χ2v) is 5.49. The zero-order chi connectivity index (χ0) is 17.7. The van der Waals surface area contributed by atoms with Crippen molar-refractivity contribution in [2.75, 3.05) is 17.3 Å². The fraction of sp³-hybridized carbons (Fsp3) is 0.263. The molecular weight excluding hydrogens is 304 g/mol. The number of likely N-dealkylation sites (N-methyl/N-ethyl adjacent to an activating group) is 1. The minimum atomic E-state index is -0.679. The highest BCUT2D eigenvalue weighted by molar-refractivity contribution is 6.44. The summed E-state index contributed by atoms with van der Waals surface area (Å²) >= 11 is 0. The van der Waals surface area contributed by atoms with Crippen LogP contribution in [0.4, 0.5) is 11.4 Å². The van der Waals surface area contributed by atoms with Crippen LogP contribution in [-0.4, -0.2) is 24.0 Å². The van der Waals surface area contributed by atoms with Crippen LogP contribution in [0.5, 0.6) is 5.75 Å². The van der Waals surface area contributed by atoms with E-state index in [1.54, 1.807) is 12.1 Å². The van der Waals surface area contributed by atoms with Gasteiger partial charge in [0.1, 0.15) is 5.75 Å². The number of carbonyl (C=O) groups excluding carboxylic acids is 2. The number of anilines is 2. The van der Waals surface area contributed by atoms with Crippen LogP contribution in [0, 0.1) is 0 Å². The topological polar surface area (TPSA) is 69.6 Å². The third kappa shape index (κ3) is 3.74. The molecule has 0 unspecified atom stereocenters. The Morgan fingerprint density at radius 1 is 1.00 bits per heavy atom. The number of aromatic hydroxyl groups is 1. The van der Waals surface area contributed by atoms with E-state index in [0.29, 0.717) is 5.69 Å². The molecule has 126 valence electrons. The summed E-state index contributed by atoms with van der Waals surface area (Å²) < 4.78 is 0. The minimum Gasteiger partial charge on any atom is -0.508 e. The Labute approximate surface area is 141 Å². The Balaban J connectivity index is 2.20. The third-order valence-corrected chi connectivity index (χ3v) is 3.97. The number of carbonyl (C=O) groups is 2. The maximum atomic E-state index is 12.4. The second kappa shape index (κ2) is 7.64. The van der Waals surface area contributed by atoms with Gasteiger partial charge in [0.25, 0.3) is 0 Å². The summed E-state index contributed by atoms with van der Waals surface area (Å²) in [7, 11) is 1.53. The van der Waals surface area contributed by atoms with Gasteiger partial charge in [0.15, 0.2) is 0 Å². The molecule has 5 heteroatoms. The van der Waals surface area contributed by atoms with E-state index in [4.69, 9.17) is 0 Å². The number of hydrogen-bond acceptors (Lipinski definition) is 3. The van der Waals surface area contributed by atoms with Crippen LogP contribution in [0.3, 0.4) is 0 Å². The molecule has 0 aliphatic rings. The molecule has 2 aromatic rings. The molecule has 0 saturated heterocycles. The van der Waals surface area contributed by atoms with Gasteiger partial charge < -0.3 is 15.3 Å². The fourth-order valence-corrected chi connectivity index (χ4v) is 2.52. The van der Waals surface area contributed by atoms with Crippen molar-refractivity contribution in [1.82, 2.24) is 0 Å². The number of phenolic OH excluding ortho intramolecular Hbond substituents is 1. The van der Waals surface area contributed by atoms with Gasteiger partial charge in [-0.15, -0.1) is 0 Å². The molecule has 0 bridgehead atoms. The van der Waals surface area contributed by atoms with Crippen molar-refractivity contribution in [2.45, 2.75) is 26.7 Å². The Kier molecular flexibility index (Phi) is 5.58. The van der Waals surface area contributed by atoms with Gasteiger partial charge in [0.05, 0.1) is 0 Å². The van der Waals surface area contributed by atoms with Crippen LogP contribution < -0.4 is 10.2 Å². The smallest absolute Gasteiger partial charge is 0.316 e. The maximum absolute atomic E-state index is 12.4. The van der Waals surface area contributed by atoms with Gasteiger partial charge >= 0.3 is 11.8 Å². The fourth-order valence-electron chi connectivity index (χ4n) is 2.52. The zero-order valence-corrected chi connectivity index (χ0v) is 14.2. The summed E-state index contributed by atoms with van der Waals surface area (Å²) in [5, 5.41) is 12.1. The Bertz CT molecular complexity index is 717. The van der Waals surface area contributed by atoms with Crippen LogP contribution in [-0.2, 0) is 22.4 Å². The first-order valence-corrected chi connectivity index (χ1v) is 7.96. The molecule has 2 rings (SSSR count). The van der Waals surface area contributed by atoms with Crippen LogP contribution in [0.2, 0.25) is 0 Å². The van der Waals surface area contributed by atoms with Crippen molar-refractivity contribution in [2.24, 2.45) is 0 Å². The molecule has 0 atom stereocenters. The van der Waals surface area contributed by atoms with E-state index in [0.717, 1.165) is 29.7 Å². The van der Waals surface area contributed by atoms with E-state index in [1.807, 2.05) is 32.0 Å². The predicted octanol–water partition coefficient (Wildman–Crippen LogP) is 3.12. The summed E-state index contributed by atoms with van der Waals surface area (Å²) in [5.41, 5.74) is 3.26. The van der Waals surface area contributed by atoms with E-state index in [9.17, 15) is 14.7 Å². The van der Waals surface area contributed by atoms with E-state index in [-0.39, 0.29) is 5.75 Å². The summed E-state index contributed by atoms with van der Waals surface area (Å²) in [6.07, 6.45) is 1.54. The van der Waals surface area contributed by atoms with Gasteiger partial charge in [0.2, 0.25) is 0 Å². The number of para-hydroxylation sites is 1. The zero-order valence-electron chi connectivity index (χ0n) is 14.2. The van der Waals surface area contributed by atoms with Crippen molar-refractivity contribution >= 4 is 23.2 Å². The highest BCUT2D eigenvalue weighted by Crippen LogP contribution is 2.23. The molecule has 0 fully saturated rings. The molecule has 2 N–H and O–H groups in total. The van der Waals surface area contributed by atoms with Crippen molar-refractivity contribution in [1.29, 1.82) is 0 Å². The van der Waals surface area contributed by atoms with E-state index in [2.05, 4.69) is 5.32 Å². The van der Waals surface area contributed by atoms with E-state index < -0.39 is 11.8 Å². The molecular formula is C19H22N2O3. The monoisotopic (exact) mass is 326 g/mol.